The molecule has 0 aliphatic carbocycles. The lowest BCUT2D eigenvalue weighted by atomic mass is 9.96. The summed E-state index contributed by atoms with van der Waals surface area (Å²) in [6.07, 6.45) is 3.11. The molecule has 0 amide bonds. The fraction of sp³-hybridized carbons (Fsp3) is 0. The highest BCUT2D eigenvalue weighted by Crippen LogP contribution is 2.31. The summed E-state index contributed by atoms with van der Waals surface area (Å²) in [6.45, 7) is 0. The topological polar surface area (TPSA) is 169 Å². The lowest BCUT2D eigenvalue weighted by Crippen LogP contribution is -2.25. The second-order valence-electron chi connectivity index (χ2n) is 8.48. The van der Waals surface area contributed by atoms with Crippen molar-refractivity contribution in [3.8, 4) is 40.2 Å². The summed E-state index contributed by atoms with van der Waals surface area (Å²) in [5.41, 5.74) is 7.21. The van der Waals surface area contributed by atoms with Gasteiger partial charge in [-0.25, -0.2) is 4.68 Å². The van der Waals surface area contributed by atoms with Crippen LogP contribution in [0.25, 0.3) is 28.1 Å². The van der Waals surface area contributed by atoms with Gasteiger partial charge in [0, 0.05) is 35.0 Å². The van der Waals surface area contributed by atoms with Gasteiger partial charge in [-0.1, -0.05) is 60.7 Å². The molecule has 2 N–H and O–H groups in total. The molecule has 2 heterocycles. The van der Waals surface area contributed by atoms with Crippen LogP contribution in [0, 0.1) is 32.8 Å². The van der Waals surface area contributed by atoms with Gasteiger partial charge >= 0.3 is 0 Å². The molecule has 11 nitrogen and oxygen atoms in total. The van der Waals surface area contributed by atoms with E-state index in [0.29, 0.717) is 11.3 Å². The molecule has 0 fully saturated rings. The van der Waals surface area contributed by atoms with Crippen molar-refractivity contribution in [3.63, 3.8) is 0 Å². The van der Waals surface area contributed by atoms with Gasteiger partial charge in [0.05, 0.1) is 16.8 Å². The first kappa shape index (κ1) is 25.3. The molecule has 0 bridgehead atoms. The molecule has 40 heavy (non-hydrogen) atoms. The molecular formula is C29H18N8O3. The maximum absolute atomic E-state index is 13.4. The molecule has 0 saturated heterocycles. The van der Waals surface area contributed by atoms with Crippen LogP contribution in [0.2, 0.25) is 0 Å². The molecule has 0 saturated carbocycles. The summed E-state index contributed by atoms with van der Waals surface area (Å²) < 4.78 is 2.44. The number of nitro groups is 1. The van der Waals surface area contributed by atoms with E-state index in [4.69, 9.17) is 10.8 Å². The molecular weight excluding hydrogens is 508 g/mol. The first-order chi connectivity index (χ1) is 19.4. The number of hydrogen-bond donors (Lipinski definition) is 1. The van der Waals surface area contributed by atoms with Crippen molar-refractivity contribution < 1.29 is 4.92 Å². The van der Waals surface area contributed by atoms with Crippen molar-refractivity contribution in [3.05, 3.63) is 128 Å². The van der Waals surface area contributed by atoms with Crippen LogP contribution >= 0.6 is 0 Å². The molecule has 0 atom stereocenters. The van der Waals surface area contributed by atoms with Gasteiger partial charge in [-0.2, -0.15) is 25.4 Å². The van der Waals surface area contributed by atoms with Crippen molar-refractivity contribution in [1.29, 1.82) is 10.5 Å². The third kappa shape index (κ3) is 4.58. The van der Waals surface area contributed by atoms with Crippen molar-refractivity contribution in [2.45, 2.75) is 0 Å². The minimum atomic E-state index is -0.881. The predicted octanol–water partition coefficient (Wildman–Crippen LogP) is 4.48. The van der Waals surface area contributed by atoms with E-state index in [-0.39, 0.29) is 28.2 Å². The average molecular weight is 527 g/mol. The highest BCUT2D eigenvalue weighted by Gasteiger charge is 2.23. The Morgan fingerprint density at radius 1 is 0.925 bits per heavy atom. The number of hydrogen-bond acceptors (Lipinski definition) is 8. The molecule has 5 rings (SSSR count). The Morgan fingerprint density at radius 3 is 2.23 bits per heavy atom. The van der Waals surface area contributed by atoms with Crippen LogP contribution in [0.5, 0.6) is 0 Å². The normalized spacial score (nSPS) is 10.8. The van der Waals surface area contributed by atoms with Gasteiger partial charge < -0.3 is 5.73 Å². The number of pyridine rings is 1. The maximum atomic E-state index is 13.4. The largest absolute Gasteiger partial charge is 0.382 e. The Kier molecular flexibility index (Phi) is 6.69. The van der Waals surface area contributed by atoms with Crippen LogP contribution in [0.15, 0.2) is 101 Å². The van der Waals surface area contributed by atoms with E-state index < -0.39 is 16.0 Å². The Labute approximate surface area is 227 Å². The number of aromatic nitrogens is 3. The van der Waals surface area contributed by atoms with Gasteiger partial charge in [0.25, 0.3) is 11.2 Å². The highest BCUT2D eigenvalue weighted by atomic mass is 16.6. The third-order valence-corrected chi connectivity index (χ3v) is 6.08. The Hall–Kier alpha value is -6.33. The van der Waals surface area contributed by atoms with Gasteiger partial charge in [-0.3, -0.25) is 14.9 Å². The van der Waals surface area contributed by atoms with E-state index in [2.05, 4.69) is 5.10 Å². The third-order valence-electron chi connectivity index (χ3n) is 6.08. The van der Waals surface area contributed by atoms with Crippen molar-refractivity contribution in [2.75, 3.05) is 5.73 Å². The molecule has 3 aromatic carbocycles. The van der Waals surface area contributed by atoms with Crippen LogP contribution in [0.4, 0.5) is 11.5 Å². The number of rotatable bonds is 6. The number of nitrogens with two attached hydrogens (primary N) is 1. The summed E-state index contributed by atoms with van der Waals surface area (Å²) in [5.74, 6) is -0.319. The summed E-state index contributed by atoms with van der Waals surface area (Å²) >= 11 is 0. The summed E-state index contributed by atoms with van der Waals surface area (Å²) in [7, 11) is 0. The average Bonchev–Trinajstić information content (AvgIpc) is 3.42. The van der Waals surface area contributed by atoms with E-state index >= 15 is 0 Å². The van der Waals surface area contributed by atoms with Crippen molar-refractivity contribution >= 4 is 17.7 Å². The lowest BCUT2D eigenvalue weighted by molar-refractivity contribution is -0.384. The molecule has 11 heteroatoms. The van der Waals surface area contributed by atoms with E-state index in [1.807, 2.05) is 72.8 Å². The zero-order chi connectivity index (χ0) is 28.2. The summed E-state index contributed by atoms with van der Waals surface area (Å²) in [5, 5.41) is 40.0. The Bertz CT molecular complexity index is 1930. The molecule has 5 aromatic rings. The predicted molar refractivity (Wildman–Crippen MR) is 149 cm³/mol. The standard InChI is InChI=1S/C29H18N8O3/c30-15-24-26(20-10-7-13-23(14-20)37(39)40)25(16-31)29(38)36(28(24)32)33-17-21-18-35(22-11-5-2-6-12-22)34-27(21)19-8-3-1-4-9-19/h1-14,17-18H,32H2/b33-17+. The Balaban J connectivity index is 1.68. The fourth-order valence-electron chi connectivity index (χ4n) is 4.21. The number of nitro benzene ring substituents is 1. The Morgan fingerprint density at radius 2 is 1.57 bits per heavy atom. The monoisotopic (exact) mass is 526 g/mol. The minimum Gasteiger partial charge on any atom is -0.382 e. The second kappa shape index (κ2) is 10.6. The number of nitriles is 2. The molecule has 192 valence electrons. The number of anilines is 1. The first-order valence-corrected chi connectivity index (χ1v) is 11.8. The van der Waals surface area contributed by atoms with Crippen LogP contribution in [0.3, 0.4) is 0 Å². The van der Waals surface area contributed by atoms with E-state index in [1.54, 1.807) is 10.9 Å². The zero-order valence-corrected chi connectivity index (χ0v) is 20.7. The maximum Gasteiger partial charge on any atom is 0.291 e. The van der Waals surface area contributed by atoms with Gasteiger partial charge in [0.2, 0.25) is 0 Å². The number of non-ortho nitro benzene ring substituents is 1. The van der Waals surface area contributed by atoms with Crippen molar-refractivity contribution in [2.24, 2.45) is 5.10 Å². The number of para-hydroxylation sites is 1. The lowest BCUT2D eigenvalue weighted by Gasteiger charge is -2.12. The van der Waals surface area contributed by atoms with Crippen LogP contribution in [0.1, 0.15) is 16.7 Å². The molecule has 0 aliphatic heterocycles. The zero-order valence-electron chi connectivity index (χ0n) is 20.7. The highest BCUT2D eigenvalue weighted by molar-refractivity contribution is 5.89. The molecule has 2 aromatic heterocycles. The first-order valence-electron chi connectivity index (χ1n) is 11.8. The van der Waals surface area contributed by atoms with Crippen LogP contribution in [-0.2, 0) is 0 Å². The molecule has 0 aliphatic rings. The number of nitrogen functional groups attached to an aromatic ring is 1. The number of benzene rings is 3. The quantitative estimate of drug-likeness (QED) is 0.193. The molecule has 0 spiro atoms. The second-order valence-corrected chi connectivity index (χ2v) is 8.48. The minimum absolute atomic E-state index is 0.0930. The van der Waals surface area contributed by atoms with Gasteiger partial charge in [0.15, 0.2) is 0 Å². The molecule has 0 unspecified atom stereocenters. The SMILES string of the molecule is N#Cc1c(-c2cccc([N+](=O)[O-])c2)c(C#N)c(=O)n(/N=C/c2cn(-c3ccccc3)nc2-c2ccccc2)c1N. The fourth-order valence-corrected chi connectivity index (χ4v) is 4.21. The van der Waals surface area contributed by atoms with Gasteiger partial charge in [0.1, 0.15) is 34.8 Å². The van der Waals surface area contributed by atoms with Gasteiger partial charge in [-0.15, -0.1) is 0 Å². The number of nitrogens with zero attached hydrogens (tertiary/aromatic N) is 7. The van der Waals surface area contributed by atoms with E-state index in [0.717, 1.165) is 15.9 Å². The molecule has 0 radical (unpaired) electrons. The summed E-state index contributed by atoms with van der Waals surface area (Å²) in [6, 6.07) is 27.8. The summed E-state index contributed by atoms with van der Waals surface area (Å²) in [4.78, 5) is 24.1. The van der Waals surface area contributed by atoms with E-state index in [9.17, 15) is 25.4 Å². The van der Waals surface area contributed by atoms with Crippen molar-refractivity contribution in [1.82, 2.24) is 14.5 Å². The van der Waals surface area contributed by atoms with Crippen LogP contribution in [-0.4, -0.2) is 25.6 Å². The van der Waals surface area contributed by atoms with Crippen LogP contribution < -0.4 is 11.3 Å². The van der Waals surface area contributed by atoms with E-state index in [1.165, 1.54) is 30.5 Å². The smallest absolute Gasteiger partial charge is 0.291 e. The van der Waals surface area contributed by atoms with Gasteiger partial charge in [-0.05, 0) is 17.7 Å².